The lowest BCUT2D eigenvalue weighted by Gasteiger charge is -2.17. The third-order valence-electron chi connectivity index (χ3n) is 4.46. The van der Waals surface area contributed by atoms with Gasteiger partial charge in [-0.15, -0.1) is 0 Å². The first-order valence-electron chi connectivity index (χ1n) is 9.90. The van der Waals surface area contributed by atoms with Crippen LogP contribution >= 0.6 is 0 Å². The van der Waals surface area contributed by atoms with E-state index in [0.29, 0.717) is 29.6 Å². The molecule has 30 heavy (non-hydrogen) atoms. The Labute approximate surface area is 175 Å². The maximum absolute atomic E-state index is 13.2. The number of hydrogen-bond acceptors (Lipinski definition) is 6. The van der Waals surface area contributed by atoms with E-state index >= 15 is 0 Å². The number of unbranched alkanes of at least 4 members (excludes halogenated alkanes) is 1. The zero-order chi connectivity index (χ0) is 21.3. The Hall–Kier alpha value is -3.55. The topological polar surface area (TPSA) is 91.8 Å². The minimum absolute atomic E-state index is 0.138. The quantitative estimate of drug-likeness (QED) is 0.453. The normalized spacial score (nSPS) is 11.6. The molecule has 0 bridgehead atoms. The van der Waals surface area contributed by atoms with Crippen LogP contribution in [-0.4, -0.2) is 27.4 Å². The number of hydrogen-bond donors (Lipinski definition) is 3. The fourth-order valence-corrected chi connectivity index (χ4v) is 2.83. The second kappa shape index (κ2) is 10.3. The van der Waals surface area contributed by atoms with E-state index in [1.807, 2.05) is 6.92 Å². The molecule has 0 aliphatic carbocycles. The molecule has 7 nitrogen and oxygen atoms in total. The van der Waals surface area contributed by atoms with Crippen LogP contribution < -0.4 is 16.0 Å². The minimum atomic E-state index is -0.287. The Morgan fingerprint density at radius 2 is 1.87 bits per heavy atom. The number of benzene rings is 1. The fraction of sp³-hybridized carbons (Fsp3) is 0.273. The number of amides is 1. The minimum Gasteiger partial charge on any atom is -0.363 e. The van der Waals surface area contributed by atoms with Crippen molar-refractivity contribution < 1.29 is 9.18 Å². The van der Waals surface area contributed by atoms with Crippen LogP contribution in [0.5, 0.6) is 0 Å². The van der Waals surface area contributed by atoms with Crippen molar-refractivity contribution >= 4 is 23.4 Å². The first-order valence-corrected chi connectivity index (χ1v) is 9.90. The summed E-state index contributed by atoms with van der Waals surface area (Å²) >= 11 is 0. The van der Waals surface area contributed by atoms with Crippen LogP contribution in [0.3, 0.4) is 0 Å². The molecule has 2 aromatic heterocycles. The Morgan fingerprint density at radius 3 is 2.57 bits per heavy atom. The molecule has 0 radical (unpaired) electrons. The van der Waals surface area contributed by atoms with Crippen molar-refractivity contribution in [2.24, 2.45) is 0 Å². The zero-order valence-electron chi connectivity index (χ0n) is 17.0. The van der Waals surface area contributed by atoms with Crippen molar-refractivity contribution in [3.05, 3.63) is 71.9 Å². The van der Waals surface area contributed by atoms with Gasteiger partial charge in [-0.3, -0.25) is 9.78 Å². The highest BCUT2D eigenvalue weighted by Crippen LogP contribution is 2.22. The standard InChI is InChI=1S/C22H25FN6O/c1-3-4-9-26-22(30)17-12-19(27-15(2)16-5-7-18(23)8-6-16)28-20(13-17)29-21-14-24-10-11-25-21/h5-8,10-15H,3-4,9H2,1-2H3,(H,26,30)(H2,25,27,28,29)/t15-/m0/s1. The van der Waals surface area contributed by atoms with Gasteiger partial charge in [-0.2, -0.15) is 0 Å². The first-order chi connectivity index (χ1) is 14.5. The highest BCUT2D eigenvalue weighted by atomic mass is 19.1. The summed E-state index contributed by atoms with van der Waals surface area (Å²) in [7, 11) is 0. The van der Waals surface area contributed by atoms with Crippen LogP contribution in [0.2, 0.25) is 0 Å². The van der Waals surface area contributed by atoms with Crippen LogP contribution in [0.25, 0.3) is 0 Å². The van der Waals surface area contributed by atoms with E-state index < -0.39 is 0 Å². The lowest BCUT2D eigenvalue weighted by Crippen LogP contribution is -2.24. The monoisotopic (exact) mass is 408 g/mol. The molecule has 1 aromatic carbocycles. The molecular weight excluding hydrogens is 383 g/mol. The highest BCUT2D eigenvalue weighted by molar-refractivity contribution is 5.95. The molecule has 1 atom stereocenters. The lowest BCUT2D eigenvalue weighted by atomic mass is 10.1. The highest BCUT2D eigenvalue weighted by Gasteiger charge is 2.13. The number of nitrogens with zero attached hydrogens (tertiary/aromatic N) is 3. The Morgan fingerprint density at radius 1 is 1.10 bits per heavy atom. The summed E-state index contributed by atoms with van der Waals surface area (Å²) in [6, 6.07) is 9.49. The summed E-state index contributed by atoms with van der Waals surface area (Å²) in [4.78, 5) is 25.4. The van der Waals surface area contributed by atoms with Crippen LogP contribution in [0, 0.1) is 5.82 Å². The van der Waals surface area contributed by atoms with Gasteiger partial charge in [0.25, 0.3) is 5.91 Å². The summed E-state index contributed by atoms with van der Waals surface area (Å²) in [6.07, 6.45) is 6.63. The summed E-state index contributed by atoms with van der Waals surface area (Å²) in [5, 5.41) is 9.27. The summed E-state index contributed by atoms with van der Waals surface area (Å²) in [5.74, 6) is 1.04. The average Bonchev–Trinajstić information content (AvgIpc) is 2.75. The Balaban J connectivity index is 1.84. The molecule has 3 aromatic rings. The number of halogens is 1. The number of rotatable bonds is 9. The van der Waals surface area contributed by atoms with Gasteiger partial charge in [-0.25, -0.2) is 14.4 Å². The Kier molecular flexibility index (Phi) is 7.26. The van der Waals surface area contributed by atoms with Crippen LogP contribution in [0.1, 0.15) is 48.7 Å². The van der Waals surface area contributed by atoms with Crippen LogP contribution in [-0.2, 0) is 0 Å². The molecule has 0 saturated heterocycles. The molecule has 0 aliphatic rings. The molecule has 8 heteroatoms. The molecule has 0 aliphatic heterocycles. The number of aromatic nitrogens is 3. The number of nitrogens with one attached hydrogen (secondary N) is 3. The predicted octanol–water partition coefficient (Wildman–Crippen LogP) is 4.46. The van der Waals surface area contributed by atoms with Gasteiger partial charge in [0.05, 0.1) is 6.20 Å². The van der Waals surface area contributed by atoms with Crippen molar-refractivity contribution in [1.29, 1.82) is 0 Å². The molecule has 0 spiro atoms. The third kappa shape index (κ3) is 5.97. The maximum Gasteiger partial charge on any atom is 0.251 e. The van der Waals surface area contributed by atoms with Crippen molar-refractivity contribution in [1.82, 2.24) is 20.3 Å². The van der Waals surface area contributed by atoms with E-state index in [2.05, 4.69) is 37.8 Å². The molecule has 1 amide bonds. The molecule has 0 fully saturated rings. The van der Waals surface area contributed by atoms with E-state index in [1.165, 1.54) is 12.1 Å². The molecule has 0 unspecified atom stereocenters. The van der Waals surface area contributed by atoms with Crippen LogP contribution in [0.15, 0.2) is 55.0 Å². The number of pyridine rings is 1. The van der Waals surface area contributed by atoms with Gasteiger partial charge in [-0.05, 0) is 43.2 Å². The van der Waals surface area contributed by atoms with E-state index in [4.69, 9.17) is 0 Å². The Bertz CT molecular complexity index is 965. The lowest BCUT2D eigenvalue weighted by molar-refractivity contribution is 0.0953. The smallest absolute Gasteiger partial charge is 0.251 e. The molecule has 2 heterocycles. The second-order valence-corrected chi connectivity index (χ2v) is 6.87. The molecule has 0 saturated carbocycles. The second-order valence-electron chi connectivity index (χ2n) is 6.87. The van der Waals surface area contributed by atoms with Crippen molar-refractivity contribution in [3.8, 4) is 0 Å². The zero-order valence-corrected chi connectivity index (χ0v) is 17.0. The van der Waals surface area contributed by atoms with E-state index in [9.17, 15) is 9.18 Å². The third-order valence-corrected chi connectivity index (χ3v) is 4.46. The van der Waals surface area contributed by atoms with Crippen molar-refractivity contribution in [3.63, 3.8) is 0 Å². The van der Waals surface area contributed by atoms with Gasteiger partial charge >= 0.3 is 0 Å². The van der Waals surface area contributed by atoms with Gasteiger partial charge in [0.2, 0.25) is 0 Å². The molecule has 156 valence electrons. The van der Waals surface area contributed by atoms with Gasteiger partial charge in [0.1, 0.15) is 23.3 Å². The van der Waals surface area contributed by atoms with E-state index in [-0.39, 0.29) is 17.8 Å². The van der Waals surface area contributed by atoms with E-state index in [1.54, 1.807) is 42.9 Å². The van der Waals surface area contributed by atoms with Crippen LogP contribution in [0.4, 0.5) is 21.8 Å². The number of anilines is 3. The predicted molar refractivity (Wildman–Crippen MR) is 115 cm³/mol. The maximum atomic E-state index is 13.2. The molecular formula is C22H25FN6O. The summed E-state index contributed by atoms with van der Waals surface area (Å²) < 4.78 is 13.2. The van der Waals surface area contributed by atoms with Crippen molar-refractivity contribution in [2.75, 3.05) is 17.2 Å². The number of carbonyl (C=O) groups is 1. The van der Waals surface area contributed by atoms with E-state index in [0.717, 1.165) is 18.4 Å². The summed E-state index contributed by atoms with van der Waals surface area (Å²) in [6.45, 7) is 4.62. The molecule has 3 rings (SSSR count). The van der Waals surface area contributed by atoms with Crippen molar-refractivity contribution in [2.45, 2.75) is 32.7 Å². The number of carbonyl (C=O) groups excluding carboxylic acids is 1. The fourth-order valence-electron chi connectivity index (χ4n) is 2.83. The largest absolute Gasteiger partial charge is 0.363 e. The van der Waals surface area contributed by atoms with Gasteiger partial charge in [0, 0.05) is 30.5 Å². The van der Waals surface area contributed by atoms with Gasteiger partial charge in [0.15, 0.2) is 0 Å². The summed E-state index contributed by atoms with van der Waals surface area (Å²) in [5.41, 5.74) is 1.38. The van der Waals surface area contributed by atoms with Gasteiger partial charge in [-0.1, -0.05) is 25.5 Å². The SMILES string of the molecule is CCCCNC(=O)c1cc(Nc2cnccn2)nc(N[C@@H](C)c2ccc(F)cc2)c1. The van der Waals surface area contributed by atoms with Gasteiger partial charge < -0.3 is 16.0 Å². The average molecular weight is 408 g/mol. The molecule has 3 N–H and O–H groups in total. The first kappa shape index (κ1) is 21.2.